The second kappa shape index (κ2) is 10.9. The van der Waals surface area contributed by atoms with E-state index < -0.39 is 41.6 Å². The maximum absolute atomic E-state index is 13.0. The second-order valence-corrected chi connectivity index (χ2v) is 9.14. The first-order valence-corrected chi connectivity index (χ1v) is 10.7. The number of hydrogen-bond acceptors (Lipinski definition) is 6. The molecule has 2 rings (SSSR count). The van der Waals surface area contributed by atoms with Crippen LogP contribution in [0.2, 0.25) is 0 Å². The van der Waals surface area contributed by atoms with Crippen molar-refractivity contribution in [2.45, 2.75) is 83.3 Å². The minimum Gasteiger partial charge on any atom is -0.460 e. The molecule has 0 bridgehead atoms. The maximum Gasteiger partial charge on any atom is 0.313 e. The van der Waals surface area contributed by atoms with Crippen LogP contribution in [0.4, 0.5) is 0 Å². The van der Waals surface area contributed by atoms with Gasteiger partial charge in [0.25, 0.3) is 0 Å². The first-order chi connectivity index (χ1) is 14.1. The van der Waals surface area contributed by atoms with Crippen LogP contribution in [0.3, 0.4) is 0 Å². The molecule has 168 valence electrons. The molecule has 4 unspecified atom stereocenters. The smallest absolute Gasteiger partial charge is 0.313 e. The molecule has 1 aliphatic rings. The Morgan fingerprint density at radius 2 is 1.73 bits per heavy atom. The molecule has 1 aliphatic carbocycles. The summed E-state index contributed by atoms with van der Waals surface area (Å²) in [4.78, 5) is 25.1. The van der Waals surface area contributed by atoms with Gasteiger partial charge in [0.15, 0.2) is 6.10 Å². The minimum absolute atomic E-state index is 0.0635. The molecule has 1 fully saturated rings. The van der Waals surface area contributed by atoms with E-state index >= 15 is 0 Å². The van der Waals surface area contributed by atoms with Crippen molar-refractivity contribution in [3.05, 3.63) is 35.9 Å². The number of aliphatic hydroxyl groups excluding tert-OH is 1. The van der Waals surface area contributed by atoms with Crippen molar-refractivity contribution < 1.29 is 24.2 Å². The number of hydrogen-bond donors (Lipinski definition) is 3. The fraction of sp³-hybridized carbons (Fsp3) is 0.652. The number of esters is 1. The lowest BCUT2D eigenvalue weighted by atomic mass is 9.76. The molecule has 0 aromatic heterocycles. The molecule has 1 amide bonds. The number of primary amides is 1. The van der Waals surface area contributed by atoms with Crippen LogP contribution in [0.1, 0.15) is 58.4 Å². The van der Waals surface area contributed by atoms with E-state index in [0.29, 0.717) is 0 Å². The van der Waals surface area contributed by atoms with Crippen molar-refractivity contribution in [2.24, 2.45) is 23.3 Å². The summed E-state index contributed by atoms with van der Waals surface area (Å²) in [5, 5.41) is 11.1. The SMILES string of the molecule is CC(C)(C)OC(=O)C(C(N)C1CCCCC1)C(O)C(OCc1ccccc1)C(N)=O. The van der Waals surface area contributed by atoms with Gasteiger partial charge in [-0.1, -0.05) is 49.6 Å². The normalized spacial score (nSPS) is 19.5. The van der Waals surface area contributed by atoms with E-state index in [1.54, 1.807) is 20.8 Å². The van der Waals surface area contributed by atoms with E-state index in [1.807, 2.05) is 30.3 Å². The van der Waals surface area contributed by atoms with Gasteiger partial charge in [-0.15, -0.1) is 0 Å². The third-order valence-electron chi connectivity index (χ3n) is 5.52. The number of ether oxygens (including phenoxy) is 2. The Hall–Kier alpha value is -1.96. The zero-order valence-electron chi connectivity index (χ0n) is 18.3. The Morgan fingerprint density at radius 1 is 1.13 bits per heavy atom. The van der Waals surface area contributed by atoms with Gasteiger partial charge in [0, 0.05) is 6.04 Å². The van der Waals surface area contributed by atoms with Crippen LogP contribution in [0.15, 0.2) is 30.3 Å². The molecule has 1 aromatic carbocycles. The Labute approximate surface area is 179 Å². The summed E-state index contributed by atoms with van der Waals surface area (Å²) < 4.78 is 11.2. The molecule has 1 saturated carbocycles. The first kappa shape index (κ1) is 24.3. The van der Waals surface area contributed by atoms with E-state index in [4.69, 9.17) is 20.9 Å². The molecule has 7 heteroatoms. The maximum atomic E-state index is 13.0. The number of carbonyl (C=O) groups excluding carboxylic acids is 2. The van der Waals surface area contributed by atoms with Crippen LogP contribution in [0.5, 0.6) is 0 Å². The molecule has 0 spiro atoms. The summed E-state index contributed by atoms with van der Waals surface area (Å²) in [6, 6.07) is 8.57. The first-order valence-electron chi connectivity index (χ1n) is 10.7. The lowest BCUT2D eigenvalue weighted by Crippen LogP contribution is -2.55. The summed E-state index contributed by atoms with van der Waals surface area (Å²) in [7, 11) is 0. The summed E-state index contributed by atoms with van der Waals surface area (Å²) in [5.74, 6) is -2.53. The second-order valence-electron chi connectivity index (χ2n) is 9.14. The highest BCUT2D eigenvalue weighted by Gasteiger charge is 2.44. The van der Waals surface area contributed by atoms with Crippen molar-refractivity contribution in [3.63, 3.8) is 0 Å². The van der Waals surface area contributed by atoms with Gasteiger partial charge in [0.1, 0.15) is 17.6 Å². The summed E-state index contributed by atoms with van der Waals surface area (Å²) in [5.41, 5.74) is 12.1. The standard InChI is InChI=1S/C23H36N2O5/c1-23(2,3)30-22(28)17(18(24)16-12-8-5-9-13-16)19(26)20(21(25)27)29-14-15-10-6-4-7-11-15/h4,6-7,10-11,16-20,26H,5,8-9,12-14,24H2,1-3H3,(H2,25,27). The van der Waals surface area contributed by atoms with E-state index in [2.05, 4.69) is 0 Å². The predicted molar refractivity (Wildman–Crippen MR) is 114 cm³/mol. The third-order valence-corrected chi connectivity index (χ3v) is 5.52. The molecule has 7 nitrogen and oxygen atoms in total. The number of amides is 1. The number of nitrogens with two attached hydrogens (primary N) is 2. The fourth-order valence-electron chi connectivity index (χ4n) is 4.00. The van der Waals surface area contributed by atoms with Gasteiger partial charge in [-0.2, -0.15) is 0 Å². The number of aliphatic hydroxyl groups is 1. The van der Waals surface area contributed by atoms with Gasteiger partial charge in [0.05, 0.1) is 6.61 Å². The lowest BCUT2D eigenvalue weighted by Gasteiger charge is -2.37. The zero-order valence-corrected chi connectivity index (χ0v) is 18.3. The number of benzene rings is 1. The fourth-order valence-corrected chi connectivity index (χ4v) is 4.00. The van der Waals surface area contributed by atoms with Crippen molar-refractivity contribution >= 4 is 11.9 Å². The molecule has 0 saturated heterocycles. The monoisotopic (exact) mass is 420 g/mol. The highest BCUT2D eigenvalue weighted by Crippen LogP contribution is 2.32. The largest absolute Gasteiger partial charge is 0.460 e. The number of rotatable bonds is 9. The van der Waals surface area contributed by atoms with Gasteiger partial charge in [-0.25, -0.2) is 0 Å². The highest BCUT2D eigenvalue weighted by molar-refractivity contribution is 5.82. The Bertz CT molecular complexity index is 683. The molecule has 4 atom stereocenters. The molecular formula is C23H36N2O5. The zero-order chi connectivity index (χ0) is 22.3. The molecule has 1 aromatic rings. The molecule has 0 radical (unpaired) electrons. The van der Waals surface area contributed by atoms with Gasteiger partial charge in [0.2, 0.25) is 5.91 Å². The van der Waals surface area contributed by atoms with Crippen molar-refractivity contribution in [3.8, 4) is 0 Å². The van der Waals surface area contributed by atoms with Crippen LogP contribution in [-0.4, -0.2) is 40.8 Å². The van der Waals surface area contributed by atoms with Crippen molar-refractivity contribution in [1.29, 1.82) is 0 Å². The van der Waals surface area contributed by atoms with Crippen LogP contribution >= 0.6 is 0 Å². The van der Waals surface area contributed by atoms with Crippen LogP contribution in [0, 0.1) is 11.8 Å². The quantitative estimate of drug-likeness (QED) is 0.526. The van der Waals surface area contributed by atoms with Crippen LogP contribution in [-0.2, 0) is 25.7 Å². The highest BCUT2D eigenvalue weighted by atomic mass is 16.6. The van der Waals surface area contributed by atoms with Crippen molar-refractivity contribution in [1.82, 2.24) is 0 Å². The molecular weight excluding hydrogens is 384 g/mol. The van der Waals surface area contributed by atoms with Gasteiger partial charge in [-0.05, 0) is 45.1 Å². The molecule has 5 N–H and O–H groups in total. The van der Waals surface area contributed by atoms with E-state index in [0.717, 1.165) is 37.7 Å². The van der Waals surface area contributed by atoms with E-state index in [-0.39, 0.29) is 12.5 Å². The van der Waals surface area contributed by atoms with Gasteiger partial charge < -0.3 is 26.0 Å². The van der Waals surface area contributed by atoms with Crippen molar-refractivity contribution in [2.75, 3.05) is 0 Å². The average molecular weight is 421 g/mol. The Balaban J connectivity index is 2.23. The molecule has 30 heavy (non-hydrogen) atoms. The minimum atomic E-state index is -1.50. The van der Waals surface area contributed by atoms with E-state index in [1.165, 1.54) is 0 Å². The summed E-state index contributed by atoms with van der Waals surface area (Å²) in [6.07, 6.45) is 2.06. The predicted octanol–water partition coefficient (Wildman–Crippen LogP) is 2.28. The van der Waals surface area contributed by atoms with Gasteiger partial charge >= 0.3 is 5.97 Å². The molecule has 0 aliphatic heterocycles. The van der Waals surface area contributed by atoms with Crippen LogP contribution < -0.4 is 11.5 Å². The molecule has 0 heterocycles. The third kappa shape index (κ3) is 7.07. The van der Waals surface area contributed by atoms with E-state index in [9.17, 15) is 14.7 Å². The topological polar surface area (TPSA) is 125 Å². The Kier molecular flexibility index (Phi) is 8.82. The lowest BCUT2D eigenvalue weighted by molar-refractivity contribution is -0.173. The summed E-state index contributed by atoms with van der Waals surface area (Å²) >= 11 is 0. The number of carbonyl (C=O) groups is 2. The Morgan fingerprint density at radius 3 is 2.27 bits per heavy atom. The average Bonchev–Trinajstić information content (AvgIpc) is 2.68. The van der Waals surface area contributed by atoms with Gasteiger partial charge in [-0.3, -0.25) is 9.59 Å². The van der Waals surface area contributed by atoms with Crippen LogP contribution in [0.25, 0.3) is 0 Å². The summed E-state index contributed by atoms with van der Waals surface area (Å²) in [6.45, 7) is 5.32.